The highest BCUT2D eigenvalue weighted by atomic mass is 28.3. The standard InChI is InChI=1S/C39H43NO4Si/c1-45(2,3)24-10-15-35-26-36(37(41)25-31-16-18-32(19-17-31)28-40-20-22-42-23-21-40)39(44-30-34-13-8-5-9-14-34)27-38(35)43-29-33-11-6-4-7-12-33/h4-9,11-14,16-19,26-27H,15,20-23,25,28-30H2,1-3H3. The number of carbonyl (C=O) groups excluding carboxylic acids is 1. The van der Waals surface area contributed by atoms with Gasteiger partial charge in [0.15, 0.2) is 5.78 Å². The summed E-state index contributed by atoms with van der Waals surface area (Å²) in [6.07, 6.45) is 0.785. The lowest BCUT2D eigenvalue weighted by atomic mass is 9.98. The quantitative estimate of drug-likeness (QED) is 0.0935. The lowest BCUT2D eigenvalue weighted by Crippen LogP contribution is -2.35. The largest absolute Gasteiger partial charge is 0.488 e. The molecule has 4 aromatic carbocycles. The Hall–Kier alpha value is -4.15. The fraction of sp³-hybridized carbons (Fsp3) is 0.308. The van der Waals surface area contributed by atoms with Crippen LogP contribution in [0.4, 0.5) is 0 Å². The smallest absolute Gasteiger partial charge is 0.170 e. The summed E-state index contributed by atoms with van der Waals surface area (Å²) in [5, 5.41) is 0. The monoisotopic (exact) mass is 617 g/mol. The van der Waals surface area contributed by atoms with E-state index in [9.17, 15) is 4.79 Å². The molecule has 0 amide bonds. The molecule has 4 aromatic rings. The Morgan fingerprint density at radius 3 is 1.93 bits per heavy atom. The number of carbonyl (C=O) groups is 1. The second kappa shape index (κ2) is 15.7. The Labute approximate surface area is 269 Å². The van der Waals surface area contributed by atoms with Crippen molar-refractivity contribution in [3.63, 3.8) is 0 Å². The van der Waals surface area contributed by atoms with Crippen molar-refractivity contribution in [3.8, 4) is 23.0 Å². The number of ketones is 1. The minimum absolute atomic E-state index is 0.00741. The van der Waals surface area contributed by atoms with Crippen molar-refractivity contribution >= 4 is 13.9 Å². The molecule has 1 aliphatic heterocycles. The number of hydrogen-bond donors (Lipinski definition) is 0. The Morgan fingerprint density at radius 1 is 0.756 bits per heavy atom. The molecule has 232 valence electrons. The molecule has 45 heavy (non-hydrogen) atoms. The molecule has 0 N–H and O–H groups in total. The van der Waals surface area contributed by atoms with Crippen molar-refractivity contribution in [2.24, 2.45) is 0 Å². The van der Waals surface area contributed by atoms with Crippen LogP contribution in [0.3, 0.4) is 0 Å². The summed E-state index contributed by atoms with van der Waals surface area (Å²) in [5.41, 5.74) is 9.23. The summed E-state index contributed by atoms with van der Waals surface area (Å²) in [6, 6.07) is 32.3. The van der Waals surface area contributed by atoms with Crippen molar-refractivity contribution < 1.29 is 19.0 Å². The van der Waals surface area contributed by atoms with Gasteiger partial charge in [0.05, 0.1) is 18.8 Å². The van der Waals surface area contributed by atoms with Crippen LogP contribution < -0.4 is 9.47 Å². The highest BCUT2D eigenvalue weighted by Gasteiger charge is 2.19. The topological polar surface area (TPSA) is 48.0 Å². The van der Waals surface area contributed by atoms with Crippen LogP contribution in [0.25, 0.3) is 0 Å². The fourth-order valence-electron chi connectivity index (χ4n) is 5.15. The summed E-state index contributed by atoms with van der Waals surface area (Å²) < 4.78 is 18.2. The number of morpholine rings is 1. The maximum absolute atomic E-state index is 14.0. The second-order valence-corrected chi connectivity index (χ2v) is 17.3. The van der Waals surface area contributed by atoms with Crippen LogP contribution >= 0.6 is 0 Å². The van der Waals surface area contributed by atoms with Crippen LogP contribution in [0.15, 0.2) is 97.1 Å². The zero-order valence-corrected chi connectivity index (χ0v) is 27.7. The van der Waals surface area contributed by atoms with Gasteiger partial charge in [0, 0.05) is 44.1 Å². The Bertz CT molecular complexity index is 1600. The van der Waals surface area contributed by atoms with Gasteiger partial charge >= 0.3 is 0 Å². The third-order valence-electron chi connectivity index (χ3n) is 7.58. The van der Waals surface area contributed by atoms with Gasteiger partial charge in [0.2, 0.25) is 0 Å². The lowest BCUT2D eigenvalue weighted by molar-refractivity contribution is 0.0342. The molecule has 1 fully saturated rings. The van der Waals surface area contributed by atoms with Crippen LogP contribution in [0.2, 0.25) is 19.6 Å². The molecule has 0 aromatic heterocycles. The second-order valence-electron chi connectivity index (χ2n) is 12.5. The zero-order chi connectivity index (χ0) is 31.5. The first-order valence-corrected chi connectivity index (χ1v) is 19.2. The molecule has 5 nitrogen and oxygen atoms in total. The van der Waals surface area contributed by atoms with Crippen LogP contribution in [0, 0.1) is 11.5 Å². The molecule has 0 bridgehead atoms. The van der Waals surface area contributed by atoms with E-state index in [0.717, 1.165) is 55.1 Å². The van der Waals surface area contributed by atoms with Gasteiger partial charge in [0.25, 0.3) is 0 Å². The third-order valence-corrected chi connectivity index (χ3v) is 8.50. The van der Waals surface area contributed by atoms with Gasteiger partial charge < -0.3 is 14.2 Å². The van der Waals surface area contributed by atoms with Gasteiger partial charge in [-0.05, 0) is 28.3 Å². The van der Waals surface area contributed by atoms with E-state index >= 15 is 0 Å². The van der Waals surface area contributed by atoms with Gasteiger partial charge in [-0.2, -0.15) is 0 Å². The van der Waals surface area contributed by atoms with Gasteiger partial charge in [-0.15, -0.1) is 11.5 Å². The van der Waals surface area contributed by atoms with Crippen LogP contribution in [-0.4, -0.2) is 45.1 Å². The number of rotatable bonds is 12. The van der Waals surface area contributed by atoms with E-state index < -0.39 is 8.07 Å². The Morgan fingerprint density at radius 2 is 1.33 bits per heavy atom. The van der Waals surface area contributed by atoms with Crippen LogP contribution in [0.1, 0.15) is 38.2 Å². The number of ether oxygens (including phenoxy) is 3. The van der Waals surface area contributed by atoms with E-state index in [0.29, 0.717) is 36.7 Å². The molecule has 6 heteroatoms. The van der Waals surface area contributed by atoms with E-state index in [1.54, 1.807) is 0 Å². The predicted octanol–water partition coefficient (Wildman–Crippen LogP) is 7.53. The first-order valence-electron chi connectivity index (χ1n) is 15.7. The molecule has 5 rings (SSSR count). The van der Waals surface area contributed by atoms with Crippen molar-refractivity contribution in [3.05, 3.63) is 130 Å². The highest BCUT2D eigenvalue weighted by Crippen LogP contribution is 2.32. The summed E-state index contributed by atoms with van der Waals surface area (Å²) in [6.45, 7) is 11.8. The average Bonchev–Trinajstić information content (AvgIpc) is 3.05. The Balaban J connectivity index is 1.42. The van der Waals surface area contributed by atoms with Gasteiger partial charge in [-0.1, -0.05) is 105 Å². The van der Waals surface area contributed by atoms with Crippen molar-refractivity contribution in [1.29, 1.82) is 0 Å². The summed E-state index contributed by atoms with van der Waals surface area (Å²) in [5.74, 6) is 4.60. The molecule has 1 heterocycles. The first-order chi connectivity index (χ1) is 21.8. The molecular formula is C39H43NO4Si. The average molecular weight is 618 g/mol. The van der Waals surface area contributed by atoms with Gasteiger partial charge in [-0.3, -0.25) is 9.69 Å². The number of benzene rings is 4. The normalized spacial score (nSPS) is 13.5. The number of hydrogen-bond acceptors (Lipinski definition) is 5. The summed E-state index contributed by atoms with van der Waals surface area (Å²) in [7, 11) is -1.57. The van der Waals surface area contributed by atoms with Crippen molar-refractivity contribution in [2.75, 3.05) is 26.3 Å². The van der Waals surface area contributed by atoms with Gasteiger partial charge in [0.1, 0.15) is 32.8 Å². The molecule has 0 aliphatic carbocycles. The summed E-state index contributed by atoms with van der Waals surface area (Å²) in [4.78, 5) is 16.3. The maximum Gasteiger partial charge on any atom is 0.170 e. The maximum atomic E-state index is 14.0. The van der Waals surface area contributed by atoms with Crippen molar-refractivity contribution in [2.45, 2.75) is 52.2 Å². The molecule has 0 saturated carbocycles. The van der Waals surface area contributed by atoms with E-state index in [4.69, 9.17) is 14.2 Å². The van der Waals surface area contributed by atoms with E-state index in [-0.39, 0.29) is 12.2 Å². The minimum Gasteiger partial charge on any atom is -0.488 e. The Kier molecular flexibility index (Phi) is 11.3. The van der Waals surface area contributed by atoms with Crippen LogP contribution in [-0.2, 0) is 37.3 Å². The molecule has 1 aliphatic rings. The number of nitrogens with zero attached hydrogens (tertiary/aromatic N) is 1. The van der Waals surface area contributed by atoms with Crippen LogP contribution in [0.5, 0.6) is 11.5 Å². The van der Waals surface area contributed by atoms with Crippen molar-refractivity contribution in [1.82, 2.24) is 4.90 Å². The minimum atomic E-state index is -1.57. The zero-order valence-electron chi connectivity index (χ0n) is 26.7. The number of Topliss-reactive ketones (excluding diaryl/α,β-unsaturated/α-hetero) is 1. The highest BCUT2D eigenvalue weighted by molar-refractivity contribution is 6.83. The molecular weight excluding hydrogens is 575 g/mol. The lowest BCUT2D eigenvalue weighted by Gasteiger charge is -2.26. The SMILES string of the molecule is C[Si](C)(C)C#CCc1cc(C(=O)Cc2ccc(CN3CCOCC3)cc2)c(OCc2ccccc2)cc1OCc1ccccc1. The molecule has 0 radical (unpaired) electrons. The molecule has 0 spiro atoms. The third kappa shape index (κ3) is 10.2. The molecule has 0 atom stereocenters. The molecule has 1 saturated heterocycles. The van der Waals surface area contributed by atoms with E-state index in [1.165, 1.54) is 5.56 Å². The molecule has 0 unspecified atom stereocenters. The van der Waals surface area contributed by atoms with E-state index in [1.807, 2.05) is 72.8 Å². The first kappa shape index (κ1) is 32.2. The van der Waals surface area contributed by atoms with E-state index in [2.05, 4.69) is 60.3 Å². The fourth-order valence-corrected chi connectivity index (χ4v) is 5.77. The summed E-state index contributed by atoms with van der Waals surface area (Å²) >= 11 is 0. The predicted molar refractivity (Wildman–Crippen MR) is 183 cm³/mol. The van der Waals surface area contributed by atoms with Gasteiger partial charge in [-0.25, -0.2) is 0 Å².